The van der Waals surface area contributed by atoms with Crippen molar-refractivity contribution in [2.24, 2.45) is 5.41 Å². The number of halogens is 1. The molecule has 0 saturated heterocycles. The Balaban J connectivity index is 1.86. The topological polar surface area (TPSA) is 104 Å². The van der Waals surface area contributed by atoms with Crippen LogP contribution in [0.25, 0.3) is 10.8 Å². The molecule has 0 bridgehead atoms. The van der Waals surface area contributed by atoms with E-state index in [0.29, 0.717) is 27.8 Å². The molecule has 7 nitrogen and oxygen atoms in total. The average molecular weight is 478 g/mol. The second-order valence-electron chi connectivity index (χ2n) is 7.87. The molecule has 3 aromatic carbocycles. The lowest BCUT2D eigenvalue weighted by atomic mass is 9.94. The number of rotatable bonds is 8. The molecule has 3 N–H and O–H groups in total. The second-order valence-corrected chi connectivity index (χ2v) is 10.6. The van der Waals surface area contributed by atoms with Gasteiger partial charge in [-0.05, 0) is 50.2 Å². The van der Waals surface area contributed by atoms with E-state index in [1.165, 1.54) is 50.4 Å². The molecule has 0 heterocycles. The van der Waals surface area contributed by atoms with Gasteiger partial charge in [-0.1, -0.05) is 24.3 Å². The summed E-state index contributed by atoms with van der Waals surface area (Å²) < 4.78 is 56.0. The Hall–Kier alpha value is -2.98. The molecule has 170 valence electrons. The lowest BCUT2D eigenvalue weighted by Crippen LogP contribution is -2.32. The molecule has 10 heteroatoms. The number of benzene rings is 3. The molecule has 0 fully saturated rings. The van der Waals surface area contributed by atoms with Crippen molar-refractivity contribution in [3.05, 3.63) is 60.7 Å². The number of hydrogen-bond donors (Lipinski definition) is 3. The van der Waals surface area contributed by atoms with Crippen LogP contribution in [0.2, 0.25) is 0 Å². The average Bonchev–Trinajstić information content (AvgIpc) is 2.74. The minimum atomic E-state index is -3.94. The number of anilines is 3. The molecule has 0 spiro atoms. The molecule has 1 atom stereocenters. The molecule has 0 aromatic heterocycles. The van der Waals surface area contributed by atoms with Crippen LogP contribution in [0.15, 0.2) is 65.6 Å². The third-order valence-corrected chi connectivity index (χ3v) is 6.72. The summed E-state index contributed by atoms with van der Waals surface area (Å²) in [4.78, 5) is 12.2. The number of nitrogens with one attached hydrogen (secondary N) is 3. The van der Waals surface area contributed by atoms with E-state index >= 15 is 0 Å². The van der Waals surface area contributed by atoms with E-state index in [2.05, 4.69) is 14.8 Å². The summed E-state index contributed by atoms with van der Waals surface area (Å²) >= 11 is 0. The predicted octanol–water partition coefficient (Wildman–Crippen LogP) is 4.28. The number of alkyl halides is 1. The molecule has 32 heavy (non-hydrogen) atoms. The van der Waals surface area contributed by atoms with Gasteiger partial charge in [-0.3, -0.25) is 9.52 Å². The first-order chi connectivity index (χ1) is 15.0. The van der Waals surface area contributed by atoms with E-state index < -0.39 is 39.0 Å². The van der Waals surface area contributed by atoms with E-state index in [1.807, 2.05) is 0 Å². The first kappa shape index (κ1) is 23.7. The number of hydrogen-bond acceptors (Lipinski definition) is 4. The van der Waals surface area contributed by atoms with E-state index in [9.17, 15) is 21.8 Å². The highest BCUT2D eigenvalue weighted by molar-refractivity contribution is 7.93. The molecule has 0 saturated carbocycles. The van der Waals surface area contributed by atoms with Crippen LogP contribution in [0.4, 0.5) is 21.5 Å². The molecule has 3 rings (SSSR count). The summed E-state index contributed by atoms with van der Waals surface area (Å²) in [7, 11) is -5.25. The summed E-state index contributed by atoms with van der Waals surface area (Å²) in [5, 5.41) is 3.72. The smallest absolute Gasteiger partial charge is 0.262 e. The third kappa shape index (κ3) is 5.25. The van der Waals surface area contributed by atoms with Crippen molar-refractivity contribution in [1.82, 2.24) is 0 Å². The van der Waals surface area contributed by atoms with Crippen LogP contribution in [0, 0.1) is 5.41 Å². The maximum atomic E-state index is 13.1. The summed E-state index contributed by atoms with van der Waals surface area (Å²) in [5.74, 6) is -0.471. The van der Waals surface area contributed by atoms with Gasteiger partial charge in [0.1, 0.15) is 17.7 Å². The normalized spacial score (nSPS) is 12.9. The maximum Gasteiger partial charge on any atom is 0.262 e. The van der Waals surface area contributed by atoms with Crippen LogP contribution >= 0.6 is 0 Å². The minimum Gasteiger partial charge on any atom is -0.326 e. The lowest BCUT2D eigenvalue weighted by molar-refractivity contribution is -0.124. The van der Waals surface area contributed by atoms with Gasteiger partial charge < -0.3 is 10.0 Å². The molecule has 0 aliphatic heterocycles. The van der Waals surface area contributed by atoms with Crippen molar-refractivity contribution in [1.29, 1.82) is 0 Å². The zero-order chi connectivity index (χ0) is 23.5. The molecular weight excluding hydrogens is 453 g/mol. The van der Waals surface area contributed by atoms with E-state index in [1.54, 1.807) is 30.3 Å². The van der Waals surface area contributed by atoms with Crippen molar-refractivity contribution in [2.75, 3.05) is 27.7 Å². The Labute approximate surface area is 189 Å². The molecule has 1 unspecified atom stereocenters. The summed E-state index contributed by atoms with van der Waals surface area (Å²) in [6, 6.07) is 16.0. The SMILES string of the molecule is CS(=O)Nc1cccc2c(S(=O)(=O)Nc3ccc(NC(=O)C(C)(C)CF)cc3)cccc12. The van der Waals surface area contributed by atoms with Gasteiger partial charge in [0.05, 0.1) is 16.0 Å². The van der Waals surface area contributed by atoms with Gasteiger partial charge in [0.15, 0.2) is 0 Å². The van der Waals surface area contributed by atoms with Gasteiger partial charge >= 0.3 is 0 Å². The first-order valence-electron chi connectivity index (χ1n) is 9.65. The zero-order valence-corrected chi connectivity index (χ0v) is 19.4. The second kappa shape index (κ2) is 9.25. The fourth-order valence-electron chi connectivity index (χ4n) is 2.95. The Morgan fingerprint density at radius 1 is 0.969 bits per heavy atom. The molecule has 0 aliphatic carbocycles. The van der Waals surface area contributed by atoms with Crippen molar-refractivity contribution in [3.8, 4) is 0 Å². The summed E-state index contributed by atoms with van der Waals surface area (Å²) in [5.41, 5.74) is 0.130. The van der Waals surface area contributed by atoms with Gasteiger partial charge in [-0.2, -0.15) is 0 Å². The number of amides is 1. The monoisotopic (exact) mass is 477 g/mol. The molecule has 3 aromatic rings. The highest BCUT2D eigenvalue weighted by Gasteiger charge is 2.27. The molecule has 1 amide bonds. The summed E-state index contributed by atoms with van der Waals surface area (Å²) in [6.45, 7) is 2.19. The first-order valence-corrected chi connectivity index (χ1v) is 12.7. The molecule has 0 radical (unpaired) electrons. The van der Waals surface area contributed by atoms with Crippen molar-refractivity contribution >= 4 is 54.8 Å². The van der Waals surface area contributed by atoms with E-state index in [-0.39, 0.29) is 4.90 Å². The molecule has 0 aliphatic rings. The van der Waals surface area contributed by atoms with Crippen molar-refractivity contribution < 1.29 is 21.8 Å². The van der Waals surface area contributed by atoms with Gasteiger partial charge in [0, 0.05) is 28.4 Å². The number of sulfonamides is 1. The third-order valence-electron chi connectivity index (χ3n) is 4.77. The van der Waals surface area contributed by atoms with Crippen LogP contribution in [-0.2, 0) is 25.8 Å². The van der Waals surface area contributed by atoms with Gasteiger partial charge in [0.25, 0.3) is 10.0 Å². The number of carbonyl (C=O) groups is 1. The number of fused-ring (bicyclic) bond motifs is 1. The van der Waals surface area contributed by atoms with Crippen molar-refractivity contribution in [2.45, 2.75) is 18.7 Å². The van der Waals surface area contributed by atoms with Crippen LogP contribution in [0.1, 0.15) is 13.8 Å². The fraction of sp³-hybridized carbons (Fsp3) is 0.227. The summed E-state index contributed by atoms with van der Waals surface area (Å²) in [6.07, 6.45) is 1.49. The largest absolute Gasteiger partial charge is 0.326 e. The van der Waals surface area contributed by atoms with Crippen molar-refractivity contribution in [3.63, 3.8) is 0 Å². The quantitative estimate of drug-likeness (QED) is 0.450. The maximum absolute atomic E-state index is 13.1. The molecular formula is C22H24FN3O4S2. The van der Waals surface area contributed by atoms with Gasteiger partial charge in [-0.25, -0.2) is 17.0 Å². The Morgan fingerprint density at radius 2 is 1.56 bits per heavy atom. The highest BCUT2D eigenvalue weighted by Crippen LogP contribution is 2.30. The Bertz CT molecular complexity index is 1280. The standard InChI is InChI=1S/C22H24FN3O4S2/c1-22(2,14-23)21(27)24-15-10-12-16(13-11-15)26-32(29,30)20-9-5-6-17-18(20)7-4-8-19(17)25-31(3)28/h4-13,25-26H,14H2,1-3H3,(H,24,27). The van der Waals surface area contributed by atoms with Gasteiger partial charge in [-0.15, -0.1) is 0 Å². The lowest BCUT2D eigenvalue weighted by Gasteiger charge is -2.19. The van der Waals surface area contributed by atoms with E-state index in [4.69, 9.17) is 0 Å². The van der Waals surface area contributed by atoms with Crippen LogP contribution in [0.5, 0.6) is 0 Å². The van der Waals surface area contributed by atoms with Crippen LogP contribution in [-0.4, -0.2) is 31.5 Å². The van der Waals surface area contributed by atoms with Gasteiger partial charge in [0.2, 0.25) is 5.91 Å². The Kier molecular flexibility index (Phi) is 6.85. The predicted molar refractivity (Wildman–Crippen MR) is 127 cm³/mol. The Morgan fingerprint density at radius 3 is 2.19 bits per heavy atom. The zero-order valence-electron chi connectivity index (χ0n) is 17.8. The minimum absolute atomic E-state index is 0.0719. The van der Waals surface area contributed by atoms with Crippen LogP contribution in [0.3, 0.4) is 0 Å². The number of carbonyl (C=O) groups excluding carboxylic acids is 1. The van der Waals surface area contributed by atoms with E-state index in [0.717, 1.165) is 0 Å². The highest BCUT2D eigenvalue weighted by atomic mass is 32.2. The fourth-order valence-corrected chi connectivity index (χ4v) is 4.72. The van der Waals surface area contributed by atoms with Crippen LogP contribution < -0.4 is 14.8 Å².